The van der Waals surface area contributed by atoms with E-state index in [9.17, 15) is 4.79 Å². The summed E-state index contributed by atoms with van der Waals surface area (Å²) in [5, 5.41) is 0.920. The number of hydrogen-bond donors (Lipinski definition) is 0. The van der Waals surface area contributed by atoms with E-state index < -0.39 is 0 Å². The Morgan fingerprint density at radius 1 is 1.20 bits per heavy atom. The lowest BCUT2D eigenvalue weighted by Gasteiger charge is -2.24. The quantitative estimate of drug-likeness (QED) is 0.789. The fourth-order valence-electron chi connectivity index (χ4n) is 3.23. The maximum atomic E-state index is 12.1. The van der Waals surface area contributed by atoms with E-state index in [1.807, 2.05) is 4.90 Å². The van der Waals surface area contributed by atoms with E-state index in [0.717, 1.165) is 31.5 Å². The minimum atomic E-state index is 0.297. The smallest absolute Gasteiger partial charge is 0.223 e. The van der Waals surface area contributed by atoms with Gasteiger partial charge in [-0.2, -0.15) is 0 Å². The van der Waals surface area contributed by atoms with Crippen molar-refractivity contribution in [3.8, 4) is 0 Å². The standard InChI is InChI=1S/C16H21BrN2O/c17-10-13-9-16(20)19(11-13)12-14-5-1-2-6-15(14)18-7-3-4-8-18/h1-2,5-6,13H,3-4,7-12H2. The number of amides is 1. The summed E-state index contributed by atoms with van der Waals surface area (Å²) in [5.41, 5.74) is 2.61. The molecule has 2 aliphatic rings. The summed E-state index contributed by atoms with van der Waals surface area (Å²) in [6.07, 6.45) is 3.25. The van der Waals surface area contributed by atoms with Gasteiger partial charge in [0.05, 0.1) is 0 Å². The number of nitrogens with zero attached hydrogens (tertiary/aromatic N) is 2. The first kappa shape index (κ1) is 13.9. The highest BCUT2D eigenvalue weighted by molar-refractivity contribution is 9.09. The zero-order valence-electron chi connectivity index (χ0n) is 11.7. The Hall–Kier alpha value is -1.03. The lowest BCUT2D eigenvalue weighted by atomic mass is 10.1. The van der Waals surface area contributed by atoms with Crippen LogP contribution in [0.2, 0.25) is 0 Å². The molecule has 1 unspecified atom stereocenters. The summed E-state index contributed by atoms with van der Waals surface area (Å²) < 4.78 is 0. The molecular weight excluding hydrogens is 316 g/mol. The monoisotopic (exact) mass is 336 g/mol. The molecule has 2 aliphatic heterocycles. The summed E-state index contributed by atoms with van der Waals surface area (Å²) in [4.78, 5) is 16.5. The second-order valence-corrected chi connectivity index (χ2v) is 6.47. The van der Waals surface area contributed by atoms with Gasteiger partial charge in [0.2, 0.25) is 5.91 Å². The third-order valence-electron chi connectivity index (χ3n) is 4.31. The van der Waals surface area contributed by atoms with Gasteiger partial charge in [-0.1, -0.05) is 34.1 Å². The van der Waals surface area contributed by atoms with E-state index >= 15 is 0 Å². The Kier molecular flexibility index (Phi) is 4.29. The van der Waals surface area contributed by atoms with Crippen molar-refractivity contribution in [2.45, 2.75) is 25.8 Å². The predicted octanol–water partition coefficient (Wildman–Crippen LogP) is 3.03. The van der Waals surface area contributed by atoms with Gasteiger partial charge < -0.3 is 9.80 Å². The van der Waals surface area contributed by atoms with Crippen LogP contribution < -0.4 is 4.90 Å². The van der Waals surface area contributed by atoms with Gasteiger partial charge in [-0.05, 0) is 30.4 Å². The van der Waals surface area contributed by atoms with E-state index in [-0.39, 0.29) is 0 Å². The van der Waals surface area contributed by atoms with Gasteiger partial charge in [0, 0.05) is 43.6 Å². The minimum absolute atomic E-state index is 0.297. The summed E-state index contributed by atoms with van der Waals surface area (Å²) in [6.45, 7) is 3.94. The molecular formula is C16H21BrN2O. The molecule has 0 aliphatic carbocycles. The number of alkyl halides is 1. The van der Waals surface area contributed by atoms with Crippen molar-refractivity contribution in [2.24, 2.45) is 5.92 Å². The Balaban J connectivity index is 1.75. The number of benzene rings is 1. The average Bonchev–Trinajstić information content (AvgIpc) is 3.10. The molecule has 3 nitrogen and oxygen atoms in total. The second-order valence-electron chi connectivity index (χ2n) is 5.82. The van der Waals surface area contributed by atoms with Crippen molar-refractivity contribution < 1.29 is 4.79 Å². The zero-order valence-corrected chi connectivity index (χ0v) is 13.3. The molecule has 0 bridgehead atoms. The molecule has 108 valence electrons. The molecule has 0 radical (unpaired) electrons. The first-order chi connectivity index (χ1) is 9.78. The van der Waals surface area contributed by atoms with Crippen LogP contribution in [0.5, 0.6) is 0 Å². The SMILES string of the molecule is O=C1CC(CBr)CN1Cc1ccccc1N1CCCC1. The normalized spacial score (nSPS) is 22.9. The van der Waals surface area contributed by atoms with Gasteiger partial charge in [-0.15, -0.1) is 0 Å². The molecule has 0 saturated carbocycles. The van der Waals surface area contributed by atoms with Crippen LogP contribution in [0.25, 0.3) is 0 Å². The van der Waals surface area contributed by atoms with E-state index in [4.69, 9.17) is 0 Å². The lowest BCUT2D eigenvalue weighted by molar-refractivity contribution is -0.128. The van der Waals surface area contributed by atoms with Crippen LogP contribution in [0.4, 0.5) is 5.69 Å². The summed E-state index contributed by atoms with van der Waals surface area (Å²) in [7, 11) is 0. The number of carbonyl (C=O) groups is 1. The number of anilines is 1. The summed E-state index contributed by atoms with van der Waals surface area (Å²) >= 11 is 3.50. The van der Waals surface area contributed by atoms with Gasteiger partial charge >= 0.3 is 0 Å². The van der Waals surface area contributed by atoms with Crippen LogP contribution in [0.1, 0.15) is 24.8 Å². The second kappa shape index (κ2) is 6.17. The van der Waals surface area contributed by atoms with Gasteiger partial charge in [0.1, 0.15) is 0 Å². The number of para-hydroxylation sites is 1. The van der Waals surface area contributed by atoms with Crippen LogP contribution in [-0.4, -0.2) is 35.8 Å². The molecule has 1 aromatic carbocycles. The van der Waals surface area contributed by atoms with Gasteiger partial charge in [-0.3, -0.25) is 4.79 Å². The number of carbonyl (C=O) groups excluding carboxylic acids is 1. The van der Waals surface area contributed by atoms with Crippen molar-refractivity contribution in [3.05, 3.63) is 29.8 Å². The molecule has 1 amide bonds. The molecule has 4 heteroatoms. The molecule has 0 spiro atoms. The molecule has 0 aromatic heterocycles. The van der Waals surface area contributed by atoms with E-state index in [1.54, 1.807) is 0 Å². The van der Waals surface area contributed by atoms with Crippen LogP contribution in [0.15, 0.2) is 24.3 Å². The van der Waals surface area contributed by atoms with Gasteiger partial charge in [0.15, 0.2) is 0 Å². The van der Waals surface area contributed by atoms with E-state index in [0.29, 0.717) is 18.2 Å². The fourth-order valence-corrected chi connectivity index (χ4v) is 3.66. The average molecular weight is 337 g/mol. The molecule has 2 saturated heterocycles. The molecule has 2 fully saturated rings. The largest absolute Gasteiger partial charge is 0.371 e. The van der Waals surface area contributed by atoms with Crippen molar-refractivity contribution in [1.29, 1.82) is 0 Å². The third kappa shape index (κ3) is 2.85. The first-order valence-corrected chi connectivity index (χ1v) is 8.56. The molecule has 20 heavy (non-hydrogen) atoms. The van der Waals surface area contributed by atoms with Crippen molar-refractivity contribution in [2.75, 3.05) is 29.9 Å². The molecule has 1 aromatic rings. The molecule has 1 atom stereocenters. The third-order valence-corrected chi connectivity index (χ3v) is 5.23. The van der Waals surface area contributed by atoms with E-state index in [2.05, 4.69) is 45.1 Å². The Morgan fingerprint density at radius 2 is 1.95 bits per heavy atom. The maximum Gasteiger partial charge on any atom is 0.223 e. The van der Waals surface area contributed by atoms with Crippen LogP contribution >= 0.6 is 15.9 Å². The van der Waals surface area contributed by atoms with Crippen molar-refractivity contribution in [3.63, 3.8) is 0 Å². The minimum Gasteiger partial charge on any atom is -0.371 e. The fraction of sp³-hybridized carbons (Fsp3) is 0.562. The zero-order chi connectivity index (χ0) is 13.9. The molecule has 2 heterocycles. The molecule has 0 N–H and O–H groups in total. The van der Waals surface area contributed by atoms with Crippen LogP contribution in [-0.2, 0) is 11.3 Å². The Bertz CT molecular complexity index is 485. The van der Waals surface area contributed by atoms with Gasteiger partial charge in [0.25, 0.3) is 0 Å². The Labute approximate surface area is 129 Å². The first-order valence-electron chi connectivity index (χ1n) is 7.44. The number of likely N-dealkylation sites (tertiary alicyclic amines) is 1. The highest BCUT2D eigenvalue weighted by Gasteiger charge is 2.29. The van der Waals surface area contributed by atoms with Crippen molar-refractivity contribution in [1.82, 2.24) is 4.90 Å². The van der Waals surface area contributed by atoms with Gasteiger partial charge in [-0.25, -0.2) is 0 Å². The topological polar surface area (TPSA) is 23.6 Å². The summed E-state index contributed by atoms with van der Waals surface area (Å²) in [6, 6.07) is 8.55. The number of hydrogen-bond acceptors (Lipinski definition) is 2. The number of rotatable bonds is 4. The predicted molar refractivity (Wildman–Crippen MR) is 85.2 cm³/mol. The number of halogens is 1. The van der Waals surface area contributed by atoms with Crippen molar-refractivity contribution >= 4 is 27.5 Å². The maximum absolute atomic E-state index is 12.1. The van der Waals surface area contributed by atoms with Crippen LogP contribution in [0, 0.1) is 5.92 Å². The van der Waals surface area contributed by atoms with E-state index in [1.165, 1.54) is 24.1 Å². The van der Waals surface area contributed by atoms with Crippen LogP contribution in [0.3, 0.4) is 0 Å². The highest BCUT2D eigenvalue weighted by atomic mass is 79.9. The summed E-state index contributed by atoms with van der Waals surface area (Å²) in [5.74, 6) is 0.770. The lowest BCUT2D eigenvalue weighted by Crippen LogP contribution is -2.27. The Morgan fingerprint density at radius 3 is 2.65 bits per heavy atom. The molecule has 3 rings (SSSR count). The highest BCUT2D eigenvalue weighted by Crippen LogP contribution is 2.28.